The molecule has 0 aliphatic rings. The van der Waals surface area contributed by atoms with Gasteiger partial charge in [0.2, 0.25) is 17.0 Å². The van der Waals surface area contributed by atoms with Gasteiger partial charge < -0.3 is 5.73 Å². The van der Waals surface area contributed by atoms with Crippen LogP contribution in [0.3, 0.4) is 0 Å². The summed E-state index contributed by atoms with van der Waals surface area (Å²) in [7, 11) is 0. The number of rotatable bonds is 6. The van der Waals surface area contributed by atoms with Crippen LogP contribution in [0.4, 0.5) is 5.95 Å². The Balaban J connectivity index is 1.95. The van der Waals surface area contributed by atoms with Crippen LogP contribution in [0.1, 0.15) is 5.56 Å². The van der Waals surface area contributed by atoms with Gasteiger partial charge in [0.15, 0.2) is 0 Å². The van der Waals surface area contributed by atoms with Crippen LogP contribution in [-0.2, 0) is 4.79 Å². The third-order valence-corrected chi connectivity index (χ3v) is 3.87. The molecule has 0 aliphatic carbocycles. The van der Waals surface area contributed by atoms with Crippen LogP contribution in [0.2, 0.25) is 10.0 Å². The van der Waals surface area contributed by atoms with Crippen molar-refractivity contribution in [3.63, 3.8) is 0 Å². The molecule has 1 aromatic heterocycles. The van der Waals surface area contributed by atoms with E-state index in [0.29, 0.717) is 26.7 Å². The number of aromatic amines is 1. The lowest BCUT2D eigenvalue weighted by Crippen LogP contribution is -2.13. The van der Waals surface area contributed by atoms with Crippen molar-refractivity contribution in [2.75, 3.05) is 11.2 Å². The van der Waals surface area contributed by atoms with E-state index in [1.165, 1.54) is 6.21 Å². The van der Waals surface area contributed by atoms with Gasteiger partial charge in [0.1, 0.15) is 0 Å². The first kappa shape index (κ1) is 15.6. The molecule has 0 spiro atoms. The maximum absolute atomic E-state index is 10.6. The van der Waals surface area contributed by atoms with Crippen molar-refractivity contribution in [3.05, 3.63) is 33.8 Å². The third-order valence-electron chi connectivity index (χ3n) is 2.16. The lowest BCUT2D eigenvalue weighted by molar-refractivity contribution is -0.115. The highest BCUT2D eigenvalue weighted by Gasteiger charge is 2.05. The summed E-state index contributed by atoms with van der Waals surface area (Å²) < 4.78 is 0. The lowest BCUT2D eigenvalue weighted by Gasteiger charge is -1.99. The van der Waals surface area contributed by atoms with Gasteiger partial charge in [-0.15, -0.1) is 5.10 Å². The van der Waals surface area contributed by atoms with Crippen molar-refractivity contribution in [1.82, 2.24) is 15.2 Å². The fourth-order valence-corrected chi connectivity index (χ4v) is 2.17. The number of amides is 1. The Morgan fingerprint density at radius 1 is 1.52 bits per heavy atom. The molecule has 1 amide bonds. The molecule has 0 saturated carbocycles. The first-order valence-electron chi connectivity index (χ1n) is 5.63. The quantitative estimate of drug-likeness (QED) is 0.422. The van der Waals surface area contributed by atoms with Crippen LogP contribution in [0.5, 0.6) is 0 Å². The summed E-state index contributed by atoms with van der Waals surface area (Å²) in [6.07, 6.45) is 1.51. The molecule has 0 aliphatic heterocycles. The Bertz CT molecular complexity index is 674. The number of thioether (sulfide) groups is 1. The fraction of sp³-hybridized carbons (Fsp3) is 0.0909. The Hall–Kier alpha value is -1.77. The number of hydrogen-bond acceptors (Lipinski definition) is 6. The van der Waals surface area contributed by atoms with E-state index in [4.69, 9.17) is 28.9 Å². The Labute approximate surface area is 134 Å². The highest BCUT2D eigenvalue weighted by atomic mass is 35.5. The average molecular weight is 345 g/mol. The van der Waals surface area contributed by atoms with Gasteiger partial charge in [-0.3, -0.25) is 4.79 Å². The number of hydrazone groups is 1. The second-order valence-electron chi connectivity index (χ2n) is 3.73. The smallest absolute Gasteiger partial charge is 0.240 e. The highest BCUT2D eigenvalue weighted by molar-refractivity contribution is 7.99. The monoisotopic (exact) mass is 344 g/mol. The fourth-order valence-electron chi connectivity index (χ4n) is 1.28. The predicted molar refractivity (Wildman–Crippen MR) is 84.0 cm³/mol. The number of primary amides is 1. The number of nitrogens with one attached hydrogen (secondary N) is 2. The van der Waals surface area contributed by atoms with Crippen molar-refractivity contribution >= 4 is 53.0 Å². The van der Waals surface area contributed by atoms with Gasteiger partial charge >= 0.3 is 0 Å². The predicted octanol–water partition coefficient (Wildman–Crippen LogP) is 2.13. The standard InChI is InChI=1S/C11H10Cl2N6OS/c12-7-3-1-2-6(9(7)13)4-15-17-10-16-11(19-18-10)21-5-8(14)20/h1-4H,5H2,(H2,14,20)(H2,16,17,18,19)/b15-4+. The Morgan fingerprint density at radius 3 is 3.10 bits per heavy atom. The van der Waals surface area contributed by atoms with Crippen molar-refractivity contribution in [2.24, 2.45) is 10.8 Å². The summed E-state index contributed by atoms with van der Waals surface area (Å²) in [6.45, 7) is 0. The Morgan fingerprint density at radius 2 is 2.33 bits per heavy atom. The average Bonchev–Trinajstić information content (AvgIpc) is 2.89. The van der Waals surface area contributed by atoms with Crippen LogP contribution in [0, 0.1) is 0 Å². The molecule has 0 fully saturated rings. The normalized spacial score (nSPS) is 11.0. The van der Waals surface area contributed by atoms with Crippen molar-refractivity contribution in [3.8, 4) is 0 Å². The minimum Gasteiger partial charge on any atom is -0.369 e. The number of hydrogen-bond donors (Lipinski definition) is 3. The number of aromatic nitrogens is 3. The van der Waals surface area contributed by atoms with Crippen LogP contribution < -0.4 is 11.2 Å². The van der Waals surface area contributed by atoms with Crippen LogP contribution >= 0.6 is 35.0 Å². The summed E-state index contributed by atoms with van der Waals surface area (Å²) in [5.74, 6) is 0.00267. The van der Waals surface area contributed by atoms with Gasteiger partial charge in [-0.2, -0.15) is 10.1 Å². The van der Waals surface area contributed by atoms with E-state index in [2.05, 4.69) is 25.7 Å². The molecular formula is C11H10Cl2N6OS. The second kappa shape index (κ2) is 7.30. The largest absolute Gasteiger partial charge is 0.369 e. The van der Waals surface area contributed by atoms with E-state index in [1.54, 1.807) is 18.2 Å². The molecule has 0 bridgehead atoms. The molecule has 0 atom stereocenters. The first-order valence-corrected chi connectivity index (χ1v) is 7.37. The molecule has 2 rings (SSSR count). The summed E-state index contributed by atoms with van der Waals surface area (Å²) in [6, 6.07) is 5.23. The molecule has 21 heavy (non-hydrogen) atoms. The van der Waals surface area contributed by atoms with Crippen LogP contribution in [0.25, 0.3) is 0 Å². The third kappa shape index (κ3) is 4.62. The van der Waals surface area contributed by atoms with Crippen molar-refractivity contribution in [1.29, 1.82) is 0 Å². The minimum absolute atomic E-state index is 0.110. The second-order valence-corrected chi connectivity index (χ2v) is 5.46. The highest BCUT2D eigenvalue weighted by Crippen LogP contribution is 2.24. The van der Waals surface area contributed by atoms with E-state index in [1.807, 2.05) is 0 Å². The van der Waals surface area contributed by atoms with Gasteiger partial charge in [0.05, 0.1) is 22.0 Å². The number of halogens is 2. The van der Waals surface area contributed by atoms with Crippen LogP contribution in [-0.4, -0.2) is 33.1 Å². The van der Waals surface area contributed by atoms with Crippen molar-refractivity contribution in [2.45, 2.75) is 5.16 Å². The summed E-state index contributed by atoms with van der Waals surface area (Å²) in [5, 5.41) is 11.7. The van der Waals surface area contributed by atoms with Gasteiger partial charge in [-0.05, 0) is 6.07 Å². The first-order chi connectivity index (χ1) is 10.1. The maximum atomic E-state index is 10.6. The van der Waals surface area contributed by atoms with E-state index in [-0.39, 0.29) is 5.75 Å². The SMILES string of the molecule is NC(=O)CSc1n[nH]c(N/N=C/c2cccc(Cl)c2Cl)n1. The molecule has 1 heterocycles. The maximum Gasteiger partial charge on any atom is 0.240 e. The van der Waals surface area contributed by atoms with Crippen molar-refractivity contribution < 1.29 is 4.79 Å². The number of anilines is 1. The zero-order valence-corrected chi connectivity index (χ0v) is 12.8. The lowest BCUT2D eigenvalue weighted by atomic mass is 10.2. The summed E-state index contributed by atoms with van der Waals surface area (Å²) in [4.78, 5) is 14.7. The van der Waals surface area contributed by atoms with Gasteiger partial charge in [-0.1, -0.05) is 47.1 Å². The van der Waals surface area contributed by atoms with E-state index in [9.17, 15) is 4.79 Å². The Kier molecular flexibility index (Phi) is 5.43. The van der Waals surface area contributed by atoms with Gasteiger partial charge in [0.25, 0.3) is 0 Å². The topological polar surface area (TPSA) is 109 Å². The van der Waals surface area contributed by atoms with E-state index < -0.39 is 5.91 Å². The molecule has 1 aromatic carbocycles. The van der Waals surface area contributed by atoms with Crippen LogP contribution in [0.15, 0.2) is 28.5 Å². The molecule has 110 valence electrons. The molecular weight excluding hydrogens is 335 g/mol. The molecule has 0 radical (unpaired) electrons. The number of carbonyl (C=O) groups is 1. The number of H-pyrrole nitrogens is 1. The zero-order chi connectivity index (χ0) is 15.2. The molecule has 4 N–H and O–H groups in total. The number of nitrogens with two attached hydrogens (primary N) is 1. The number of benzene rings is 1. The van der Waals surface area contributed by atoms with Gasteiger partial charge in [0, 0.05) is 5.56 Å². The molecule has 7 nitrogen and oxygen atoms in total. The summed E-state index contributed by atoms with van der Waals surface area (Å²) >= 11 is 13.0. The number of carbonyl (C=O) groups excluding carboxylic acids is 1. The summed E-state index contributed by atoms with van der Waals surface area (Å²) in [5.41, 5.74) is 8.35. The molecule has 2 aromatic rings. The van der Waals surface area contributed by atoms with E-state index >= 15 is 0 Å². The minimum atomic E-state index is -0.437. The molecule has 0 unspecified atom stereocenters. The zero-order valence-electron chi connectivity index (χ0n) is 10.5. The number of nitrogens with zero attached hydrogens (tertiary/aromatic N) is 3. The molecule has 0 saturated heterocycles. The van der Waals surface area contributed by atoms with E-state index in [0.717, 1.165) is 11.8 Å². The van der Waals surface area contributed by atoms with Gasteiger partial charge in [-0.25, -0.2) is 10.5 Å². The molecule has 10 heteroatoms.